The maximum Gasteiger partial charge on any atom is 0.123 e. The van der Waals surface area contributed by atoms with E-state index in [2.05, 4.69) is 18.7 Å². The summed E-state index contributed by atoms with van der Waals surface area (Å²) in [6.45, 7) is 7.34. The highest BCUT2D eigenvalue weighted by molar-refractivity contribution is 5.24. The Morgan fingerprint density at radius 2 is 1.73 bits per heavy atom. The molecular formula is C12H19FN2. The van der Waals surface area contributed by atoms with Gasteiger partial charge in [-0.1, -0.05) is 19.9 Å². The Kier molecular flexibility index (Phi) is 4.72. The van der Waals surface area contributed by atoms with Gasteiger partial charge in [-0.05, 0) is 36.3 Å². The summed E-state index contributed by atoms with van der Waals surface area (Å²) in [6.07, 6.45) is 0. The van der Waals surface area contributed by atoms with Crippen LogP contribution in [0, 0.1) is 5.82 Å². The van der Waals surface area contributed by atoms with E-state index in [1.165, 1.54) is 6.07 Å². The van der Waals surface area contributed by atoms with Gasteiger partial charge in [-0.3, -0.25) is 4.90 Å². The van der Waals surface area contributed by atoms with Crippen molar-refractivity contribution in [2.75, 3.05) is 13.1 Å². The van der Waals surface area contributed by atoms with Gasteiger partial charge in [0.25, 0.3) is 0 Å². The van der Waals surface area contributed by atoms with Crippen LogP contribution in [-0.4, -0.2) is 18.0 Å². The summed E-state index contributed by atoms with van der Waals surface area (Å²) in [5.74, 6) is -0.194. The minimum atomic E-state index is -0.194. The molecule has 0 atom stereocenters. The van der Waals surface area contributed by atoms with Gasteiger partial charge in [0, 0.05) is 13.1 Å². The molecule has 2 nitrogen and oxygen atoms in total. The molecule has 0 aliphatic carbocycles. The summed E-state index contributed by atoms with van der Waals surface area (Å²) in [7, 11) is 0. The highest BCUT2D eigenvalue weighted by Crippen LogP contribution is 2.11. The molecule has 3 heteroatoms. The molecule has 84 valence electrons. The highest BCUT2D eigenvalue weighted by Gasteiger charge is 2.04. The van der Waals surface area contributed by atoms with E-state index in [9.17, 15) is 4.39 Å². The van der Waals surface area contributed by atoms with Crippen molar-refractivity contribution >= 4 is 0 Å². The first-order valence-electron chi connectivity index (χ1n) is 5.40. The minimum absolute atomic E-state index is 0.194. The van der Waals surface area contributed by atoms with Crippen LogP contribution in [0.1, 0.15) is 25.0 Å². The van der Waals surface area contributed by atoms with Crippen LogP contribution in [0.3, 0.4) is 0 Å². The molecule has 0 aliphatic heterocycles. The lowest BCUT2D eigenvalue weighted by molar-refractivity contribution is 0.295. The second kappa shape index (κ2) is 5.83. The molecule has 1 rings (SSSR count). The SMILES string of the molecule is CCN(CC)Cc1cc(F)cc(CN)c1. The van der Waals surface area contributed by atoms with E-state index in [-0.39, 0.29) is 5.82 Å². The number of hydrogen-bond donors (Lipinski definition) is 1. The van der Waals surface area contributed by atoms with Crippen LogP contribution in [0.4, 0.5) is 4.39 Å². The topological polar surface area (TPSA) is 29.3 Å². The van der Waals surface area contributed by atoms with Crippen LogP contribution >= 0.6 is 0 Å². The molecule has 15 heavy (non-hydrogen) atoms. The van der Waals surface area contributed by atoms with Crippen molar-refractivity contribution < 1.29 is 4.39 Å². The molecule has 0 bridgehead atoms. The van der Waals surface area contributed by atoms with Crippen molar-refractivity contribution in [2.45, 2.75) is 26.9 Å². The Bertz CT molecular complexity index is 308. The summed E-state index contributed by atoms with van der Waals surface area (Å²) >= 11 is 0. The van der Waals surface area contributed by atoms with E-state index in [4.69, 9.17) is 5.73 Å². The molecule has 2 N–H and O–H groups in total. The van der Waals surface area contributed by atoms with Crippen LogP contribution < -0.4 is 5.73 Å². The van der Waals surface area contributed by atoms with Crippen molar-refractivity contribution in [3.8, 4) is 0 Å². The molecular weight excluding hydrogens is 191 g/mol. The van der Waals surface area contributed by atoms with Gasteiger partial charge < -0.3 is 5.73 Å². The second-order valence-electron chi connectivity index (χ2n) is 3.63. The molecule has 1 aromatic carbocycles. The van der Waals surface area contributed by atoms with Gasteiger partial charge in [0.1, 0.15) is 5.82 Å². The third-order valence-corrected chi connectivity index (χ3v) is 2.55. The molecule has 0 saturated heterocycles. The fraction of sp³-hybridized carbons (Fsp3) is 0.500. The fourth-order valence-electron chi connectivity index (χ4n) is 1.63. The Morgan fingerprint density at radius 3 is 2.27 bits per heavy atom. The monoisotopic (exact) mass is 210 g/mol. The van der Waals surface area contributed by atoms with Gasteiger partial charge in [0.05, 0.1) is 0 Å². The summed E-state index contributed by atoms with van der Waals surface area (Å²) in [6, 6.07) is 5.05. The summed E-state index contributed by atoms with van der Waals surface area (Å²) < 4.78 is 13.2. The number of benzene rings is 1. The van der Waals surface area contributed by atoms with Crippen molar-refractivity contribution in [3.05, 3.63) is 35.1 Å². The van der Waals surface area contributed by atoms with E-state index >= 15 is 0 Å². The molecule has 0 aromatic heterocycles. The molecule has 0 unspecified atom stereocenters. The lowest BCUT2D eigenvalue weighted by Crippen LogP contribution is -2.22. The largest absolute Gasteiger partial charge is 0.326 e. The summed E-state index contributed by atoms with van der Waals surface area (Å²) in [4.78, 5) is 2.25. The van der Waals surface area contributed by atoms with Crippen molar-refractivity contribution in [2.24, 2.45) is 5.73 Å². The molecule has 0 radical (unpaired) electrons. The highest BCUT2D eigenvalue weighted by atomic mass is 19.1. The smallest absolute Gasteiger partial charge is 0.123 e. The maximum atomic E-state index is 13.2. The van der Waals surface area contributed by atoms with E-state index in [1.807, 2.05) is 6.07 Å². The zero-order chi connectivity index (χ0) is 11.3. The molecule has 0 aliphatic rings. The zero-order valence-corrected chi connectivity index (χ0v) is 9.46. The third kappa shape index (κ3) is 3.61. The van der Waals surface area contributed by atoms with E-state index < -0.39 is 0 Å². The number of rotatable bonds is 5. The zero-order valence-electron chi connectivity index (χ0n) is 9.46. The predicted molar refractivity (Wildman–Crippen MR) is 60.9 cm³/mol. The average molecular weight is 210 g/mol. The van der Waals surface area contributed by atoms with Gasteiger partial charge >= 0.3 is 0 Å². The number of nitrogens with two attached hydrogens (primary N) is 1. The number of halogens is 1. The fourth-order valence-corrected chi connectivity index (χ4v) is 1.63. The van der Waals surface area contributed by atoms with Crippen molar-refractivity contribution in [3.63, 3.8) is 0 Å². The number of hydrogen-bond acceptors (Lipinski definition) is 2. The molecule has 0 fully saturated rings. The molecule has 0 amide bonds. The van der Waals surface area contributed by atoms with Gasteiger partial charge in [-0.25, -0.2) is 4.39 Å². The van der Waals surface area contributed by atoms with E-state index in [0.717, 1.165) is 30.8 Å². The Morgan fingerprint density at radius 1 is 1.13 bits per heavy atom. The standard InChI is InChI=1S/C12H19FN2/c1-3-15(4-2)9-11-5-10(8-14)6-12(13)7-11/h5-7H,3-4,8-9,14H2,1-2H3. The Balaban J connectivity index is 2.79. The Hall–Kier alpha value is -0.930. The van der Waals surface area contributed by atoms with Crippen LogP contribution in [0.2, 0.25) is 0 Å². The van der Waals surface area contributed by atoms with Gasteiger partial charge in [0.2, 0.25) is 0 Å². The summed E-state index contributed by atoms with van der Waals surface area (Å²) in [5.41, 5.74) is 7.36. The van der Waals surface area contributed by atoms with Crippen molar-refractivity contribution in [1.29, 1.82) is 0 Å². The first-order valence-corrected chi connectivity index (χ1v) is 5.40. The Labute approximate surface area is 90.9 Å². The lowest BCUT2D eigenvalue weighted by atomic mass is 10.1. The molecule has 0 spiro atoms. The predicted octanol–water partition coefficient (Wildman–Crippen LogP) is 2.13. The first-order chi connectivity index (χ1) is 7.19. The normalized spacial score (nSPS) is 11.0. The third-order valence-electron chi connectivity index (χ3n) is 2.55. The molecule has 0 saturated carbocycles. The van der Waals surface area contributed by atoms with Gasteiger partial charge in [-0.15, -0.1) is 0 Å². The van der Waals surface area contributed by atoms with Crippen LogP contribution in [0.15, 0.2) is 18.2 Å². The molecule has 0 heterocycles. The van der Waals surface area contributed by atoms with Crippen molar-refractivity contribution in [1.82, 2.24) is 4.90 Å². The quantitative estimate of drug-likeness (QED) is 0.806. The molecule has 1 aromatic rings. The van der Waals surface area contributed by atoms with Crippen LogP contribution in [0.25, 0.3) is 0 Å². The van der Waals surface area contributed by atoms with Crippen LogP contribution in [-0.2, 0) is 13.1 Å². The average Bonchev–Trinajstić information content (AvgIpc) is 2.25. The second-order valence-corrected chi connectivity index (χ2v) is 3.63. The van der Waals surface area contributed by atoms with E-state index in [0.29, 0.717) is 6.54 Å². The van der Waals surface area contributed by atoms with Gasteiger partial charge in [0.15, 0.2) is 0 Å². The lowest BCUT2D eigenvalue weighted by Gasteiger charge is -2.18. The first kappa shape index (κ1) is 12.1. The minimum Gasteiger partial charge on any atom is -0.326 e. The summed E-state index contributed by atoms with van der Waals surface area (Å²) in [5, 5.41) is 0. The number of nitrogens with zero attached hydrogens (tertiary/aromatic N) is 1. The van der Waals surface area contributed by atoms with Crippen LogP contribution in [0.5, 0.6) is 0 Å². The van der Waals surface area contributed by atoms with E-state index in [1.54, 1.807) is 6.07 Å². The van der Waals surface area contributed by atoms with Gasteiger partial charge in [-0.2, -0.15) is 0 Å². The maximum absolute atomic E-state index is 13.2.